The number of carbonyl (C=O) groups excluding carboxylic acids is 9. The number of Topliss-reactive ketones (excluding diaryl/α,β-unsaturated/α-hetero) is 2. The van der Waals surface area contributed by atoms with Crippen molar-refractivity contribution in [1.82, 2.24) is 31.9 Å². The molecule has 20 heteroatoms. The number of hydrogen-bond donors (Lipinski definition) is 9. The molecule has 378 valence electrons. The molecule has 0 fully saturated rings. The number of primary amides is 1. The lowest BCUT2D eigenvalue weighted by atomic mass is 9.85. The van der Waals surface area contributed by atoms with Crippen LogP contribution in [0, 0.1) is 18.3 Å². The predicted molar refractivity (Wildman–Crippen MR) is 253 cm³/mol. The van der Waals surface area contributed by atoms with Crippen molar-refractivity contribution in [2.24, 2.45) is 17.1 Å². The average Bonchev–Trinajstić information content (AvgIpc) is 3.27. The fraction of sp³-hybridized carbons (Fsp3) is 0.531. The zero-order chi connectivity index (χ0) is 52.0. The molecule has 2 aromatic rings. The van der Waals surface area contributed by atoms with E-state index in [9.17, 15) is 63.0 Å². The third kappa shape index (κ3) is 20.8. The number of benzene rings is 2. The highest BCUT2D eigenvalue weighted by molar-refractivity contribution is 6.37. The van der Waals surface area contributed by atoms with E-state index in [1.165, 1.54) is 0 Å². The van der Waals surface area contributed by atoms with E-state index in [0.29, 0.717) is 24.0 Å². The van der Waals surface area contributed by atoms with Crippen molar-refractivity contribution in [2.45, 2.75) is 155 Å². The summed E-state index contributed by atoms with van der Waals surface area (Å²) in [7, 11) is 0. The molecular formula is C49H69N7O13. The van der Waals surface area contributed by atoms with Crippen LogP contribution in [-0.4, -0.2) is 111 Å². The van der Waals surface area contributed by atoms with E-state index in [0.717, 1.165) is 5.56 Å². The zero-order valence-corrected chi connectivity index (χ0v) is 40.5. The number of carboxylic acid groups (broad SMARTS) is 2. The van der Waals surface area contributed by atoms with E-state index in [-0.39, 0.29) is 50.2 Å². The molecule has 0 bridgehead atoms. The number of hydrogen-bond acceptors (Lipinski definition) is 11. The summed E-state index contributed by atoms with van der Waals surface area (Å²) >= 11 is 0. The number of aliphatic carboxylic acids is 2. The SMILES string of the molecule is CCCCC(NC(=O)[C@H](CC(C)C)NC(=O)[C@@H](NC(=O)[C@H](Cc1ccccc1C)NC(=O)[C@H](CCC(=O)O)NC(=O)[C@H](CC(=O)O)NC(=O)CCCC(=O)c1ccccc1)C(C)(C)C)C(=O)C(N)=O. The zero-order valence-electron chi connectivity index (χ0n) is 40.5. The normalized spacial score (nSPS) is 13.8. The van der Waals surface area contributed by atoms with Crippen LogP contribution in [0.15, 0.2) is 54.6 Å². The molecule has 0 aliphatic heterocycles. The number of rotatable bonds is 30. The molecule has 10 N–H and O–H groups in total. The fourth-order valence-electron chi connectivity index (χ4n) is 7.18. The molecule has 0 aliphatic rings. The van der Waals surface area contributed by atoms with Gasteiger partial charge in [0.05, 0.1) is 12.5 Å². The lowest BCUT2D eigenvalue weighted by Gasteiger charge is -2.34. The first-order valence-corrected chi connectivity index (χ1v) is 23.1. The maximum Gasteiger partial charge on any atom is 0.305 e. The number of carboxylic acids is 2. The molecule has 20 nitrogen and oxygen atoms in total. The highest BCUT2D eigenvalue weighted by Crippen LogP contribution is 2.21. The first kappa shape index (κ1) is 58.1. The Kier molecular flexibility index (Phi) is 23.9. The number of ketones is 2. The quantitative estimate of drug-likeness (QED) is 0.0401. The topological polar surface area (TPSA) is 326 Å². The van der Waals surface area contributed by atoms with Gasteiger partial charge in [-0.2, -0.15) is 0 Å². The fourth-order valence-corrected chi connectivity index (χ4v) is 7.18. The van der Waals surface area contributed by atoms with Crippen molar-refractivity contribution in [3.8, 4) is 0 Å². The van der Waals surface area contributed by atoms with Crippen molar-refractivity contribution >= 4 is 64.9 Å². The Bertz CT molecular complexity index is 2160. The average molecular weight is 964 g/mol. The number of carbonyl (C=O) groups is 11. The van der Waals surface area contributed by atoms with Crippen LogP contribution in [-0.2, 0) is 54.4 Å². The van der Waals surface area contributed by atoms with E-state index in [1.807, 2.05) is 6.92 Å². The molecule has 0 saturated carbocycles. The third-order valence-electron chi connectivity index (χ3n) is 11.0. The van der Waals surface area contributed by atoms with Gasteiger partial charge in [0.2, 0.25) is 41.2 Å². The summed E-state index contributed by atoms with van der Waals surface area (Å²) in [6.45, 7) is 12.1. The summed E-state index contributed by atoms with van der Waals surface area (Å²) in [6.07, 6.45) is -1.12. The summed E-state index contributed by atoms with van der Waals surface area (Å²) < 4.78 is 0. The second kappa shape index (κ2) is 28.4. The number of nitrogens with two attached hydrogens (primary N) is 1. The predicted octanol–water partition coefficient (Wildman–Crippen LogP) is 2.18. The molecular weight excluding hydrogens is 895 g/mol. The maximum absolute atomic E-state index is 14.4. The van der Waals surface area contributed by atoms with Crippen molar-refractivity contribution in [3.63, 3.8) is 0 Å². The van der Waals surface area contributed by atoms with Gasteiger partial charge < -0.3 is 47.8 Å². The van der Waals surface area contributed by atoms with Crippen molar-refractivity contribution in [3.05, 3.63) is 71.3 Å². The monoisotopic (exact) mass is 963 g/mol. The van der Waals surface area contributed by atoms with E-state index >= 15 is 0 Å². The largest absolute Gasteiger partial charge is 0.481 e. The third-order valence-corrected chi connectivity index (χ3v) is 11.0. The van der Waals surface area contributed by atoms with Crippen molar-refractivity contribution in [2.75, 3.05) is 0 Å². The van der Waals surface area contributed by atoms with Crippen LogP contribution in [0.5, 0.6) is 0 Å². The second-order valence-corrected chi connectivity index (χ2v) is 18.5. The highest BCUT2D eigenvalue weighted by Gasteiger charge is 2.39. The van der Waals surface area contributed by atoms with Gasteiger partial charge in [-0.3, -0.25) is 52.7 Å². The van der Waals surface area contributed by atoms with Crippen LogP contribution in [0.4, 0.5) is 0 Å². The Balaban J connectivity index is 2.43. The van der Waals surface area contributed by atoms with Crippen LogP contribution in [0.3, 0.4) is 0 Å². The summed E-state index contributed by atoms with van der Waals surface area (Å²) in [5.74, 6) is -10.9. The molecule has 0 radical (unpaired) electrons. The van der Waals surface area contributed by atoms with E-state index in [2.05, 4.69) is 31.9 Å². The van der Waals surface area contributed by atoms with Gasteiger partial charge in [0, 0.05) is 31.2 Å². The summed E-state index contributed by atoms with van der Waals surface area (Å²) in [6, 6.07) is 6.52. The molecule has 6 atom stereocenters. The minimum atomic E-state index is -1.73. The van der Waals surface area contributed by atoms with Crippen LogP contribution >= 0.6 is 0 Å². The lowest BCUT2D eigenvalue weighted by Crippen LogP contribution is -2.62. The molecule has 7 amide bonds. The minimum Gasteiger partial charge on any atom is -0.481 e. The number of nitrogens with one attached hydrogen (secondary N) is 6. The Labute approximate surface area is 402 Å². The van der Waals surface area contributed by atoms with Crippen LogP contribution in [0.25, 0.3) is 0 Å². The van der Waals surface area contributed by atoms with Gasteiger partial charge in [-0.1, -0.05) is 109 Å². The first-order valence-electron chi connectivity index (χ1n) is 23.1. The smallest absolute Gasteiger partial charge is 0.305 e. The molecule has 2 rings (SSSR count). The van der Waals surface area contributed by atoms with Gasteiger partial charge in [-0.05, 0) is 55.1 Å². The van der Waals surface area contributed by atoms with Gasteiger partial charge in [0.1, 0.15) is 30.2 Å². The molecule has 1 unspecified atom stereocenters. The van der Waals surface area contributed by atoms with Gasteiger partial charge in [-0.15, -0.1) is 0 Å². The van der Waals surface area contributed by atoms with Crippen LogP contribution < -0.4 is 37.6 Å². The Hall–Kier alpha value is -6.99. The van der Waals surface area contributed by atoms with E-state index in [1.54, 1.807) is 96.1 Å². The van der Waals surface area contributed by atoms with E-state index < -0.39 is 120 Å². The first-order chi connectivity index (χ1) is 32.3. The van der Waals surface area contributed by atoms with Gasteiger partial charge in [0.15, 0.2) is 5.78 Å². The highest BCUT2D eigenvalue weighted by atomic mass is 16.4. The molecule has 0 spiro atoms. The van der Waals surface area contributed by atoms with Crippen LogP contribution in [0.1, 0.15) is 127 Å². The number of amides is 7. The standard InChI is InChI=1S/C49H69N7O13/c1-8-9-20-32(41(63)43(50)64)52-45(66)34(25-28(2)3)55-48(69)42(49(5,6)7)56-47(68)35(26-31-19-14-13-16-29(31)4)54-44(65)33(23-24-39(59)60)53-46(67)36(27-40(61)62)51-38(58)22-15-21-37(57)30-17-11-10-12-18-30/h10-14,16-19,28,32-36,42H,8-9,15,20-27H2,1-7H3,(H2,50,64)(H,51,58)(H,52,66)(H,53,67)(H,54,65)(H,55,69)(H,56,68)(H,59,60)(H,61,62)/t32?,33-,34-,35-,36-,42+/m0/s1. The molecule has 0 aromatic heterocycles. The second-order valence-electron chi connectivity index (χ2n) is 18.5. The Morgan fingerprint density at radius 2 is 1.14 bits per heavy atom. The van der Waals surface area contributed by atoms with Crippen molar-refractivity contribution < 1.29 is 63.0 Å². The molecule has 0 saturated heterocycles. The summed E-state index contributed by atoms with van der Waals surface area (Å²) in [5, 5.41) is 34.3. The van der Waals surface area contributed by atoms with E-state index in [4.69, 9.17) is 5.73 Å². The summed E-state index contributed by atoms with van der Waals surface area (Å²) in [4.78, 5) is 143. The van der Waals surface area contributed by atoms with Crippen LogP contribution in [0.2, 0.25) is 0 Å². The van der Waals surface area contributed by atoms with Gasteiger partial charge in [-0.25, -0.2) is 0 Å². The Morgan fingerprint density at radius 3 is 1.71 bits per heavy atom. The van der Waals surface area contributed by atoms with Crippen molar-refractivity contribution in [1.29, 1.82) is 0 Å². The summed E-state index contributed by atoms with van der Waals surface area (Å²) in [5.41, 5.74) is 5.96. The molecule has 0 aliphatic carbocycles. The maximum atomic E-state index is 14.4. The Morgan fingerprint density at radius 1 is 0.594 bits per heavy atom. The van der Waals surface area contributed by atoms with Gasteiger partial charge >= 0.3 is 11.9 Å². The molecule has 2 aromatic carbocycles. The molecule has 69 heavy (non-hydrogen) atoms. The number of unbranched alkanes of at least 4 members (excludes halogenated alkanes) is 1. The minimum absolute atomic E-state index is 0.0126. The lowest BCUT2D eigenvalue weighted by molar-refractivity contribution is -0.141. The van der Waals surface area contributed by atoms with Gasteiger partial charge in [0.25, 0.3) is 5.91 Å². The molecule has 0 heterocycles. The number of aryl methyl sites for hydroxylation is 1.